The van der Waals surface area contributed by atoms with E-state index < -0.39 is 0 Å². The molecule has 0 saturated carbocycles. The molecule has 0 bridgehead atoms. The van der Waals surface area contributed by atoms with E-state index in [9.17, 15) is 0 Å². The fraction of sp³-hybridized carbons (Fsp3) is 0.700. The monoisotopic (exact) mass is 257 g/mol. The number of methoxy groups -OCH3 is 1. The first-order valence-corrected chi connectivity index (χ1v) is 5.93. The molecule has 1 aliphatic rings. The minimum absolute atomic E-state index is 0.142. The highest BCUT2D eigenvalue weighted by Crippen LogP contribution is 2.16. The predicted octanol–water partition coefficient (Wildman–Crippen LogP) is 0.897. The van der Waals surface area contributed by atoms with Crippen LogP contribution in [0.1, 0.15) is 6.42 Å². The quantitative estimate of drug-likeness (QED) is 0.865. The van der Waals surface area contributed by atoms with Crippen LogP contribution in [0.3, 0.4) is 0 Å². The topological polar surface area (TPSA) is 63.2 Å². The molecular formula is C10H16ClN5O. The highest BCUT2D eigenvalue weighted by atomic mass is 35.5. The first-order chi connectivity index (χ1) is 8.17. The molecule has 1 aromatic heterocycles. The number of nitrogens with one attached hydrogen (secondary N) is 1. The van der Waals surface area contributed by atoms with Gasteiger partial charge in [0.2, 0.25) is 11.2 Å². The summed E-state index contributed by atoms with van der Waals surface area (Å²) < 4.78 is 4.93. The van der Waals surface area contributed by atoms with Crippen molar-refractivity contribution in [1.29, 1.82) is 0 Å². The van der Waals surface area contributed by atoms with E-state index in [1.807, 2.05) is 0 Å². The lowest BCUT2D eigenvalue weighted by atomic mass is 10.1. The van der Waals surface area contributed by atoms with Crippen LogP contribution in [-0.2, 0) is 0 Å². The van der Waals surface area contributed by atoms with E-state index in [2.05, 4.69) is 32.2 Å². The van der Waals surface area contributed by atoms with E-state index in [-0.39, 0.29) is 11.3 Å². The molecule has 1 atom stereocenters. The summed E-state index contributed by atoms with van der Waals surface area (Å²) in [5, 5.41) is 3.31. The Labute approximate surface area is 105 Å². The molecular weight excluding hydrogens is 242 g/mol. The van der Waals surface area contributed by atoms with Crippen LogP contribution in [0.5, 0.6) is 6.01 Å². The Kier molecular flexibility index (Phi) is 3.96. The normalized spacial score (nSPS) is 20.5. The Morgan fingerprint density at radius 3 is 2.94 bits per heavy atom. The molecule has 0 spiro atoms. The van der Waals surface area contributed by atoms with Gasteiger partial charge in [0.05, 0.1) is 7.11 Å². The van der Waals surface area contributed by atoms with Gasteiger partial charge >= 0.3 is 6.01 Å². The fourth-order valence-corrected chi connectivity index (χ4v) is 2.08. The summed E-state index contributed by atoms with van der Waals surface area (Å²) in [4.78, 5) is 14.2. The summed E-state index contributed by atoms with van der Waals surface area (Å²) in [5.74, 6) is 1.10. The zero-order valence-corrected chi connectivity index (χ0v) is 10.7. The van der Waals surface area contributed by atoms with Gasteiger partial charge < -0.3 is 15.0 Å². The standard InChI is InChI=1S/C10H16ClN5O/c1-16-4-3-7(6-16)5-12-9-13-8(11)14-10(15-9)17-2/h7H,3-6H2,1-2H3,(H,12,13,14,15). The van der Waals surface area contributed by atoms with Crippen LogP contribution < -0.4 is 10.1 Å². The summed E-state index contributed by atoms with van der Waals surface area (Å²) in [6, 6.07) is 0.232. The van der Waals surface area contributed by atoms with Crippen LogP contribution in [0.15, 0.2) is 0 Å². The molecule has 7 heteroatoms. The van der Waals surface area contributed by atoms with Crippen molar-refractivity contribution in [2.75, 3.05) is 39.1 Å². The van der Waals surface area contributed by atoms with Crippen molar-refractivity contribution in [3.63, 3.8) is 0 Å². The zero-order chi connectivity index (χ0) is 12.3. The van der Waals surface area contributed by atoms with Gasteiger partial charge in [-0.15, -0.1) is 0 Å². The van der Waals surface area contributed by atoms with Crippen LogP contribution in [-0.4, -0.2) is 53.6 Å². The molecule has 1 saturated heterocycles. The SMILES string of the molecule is COc1nc(Cl)nc(NCC2CCN(C)C2)n1. The third-order valence-corrected chi connectivity index (χ3v) is 2.98. The van der Waals surface area contributed by atoms with E-state index in [0.29, 0.717) is 11.9 Å². The molecule has 17 heavy (non-hydrogen) atoms. The fourth-order valence-electron chi connectivity index (χ4n) is 1.93. The summed E-state index contributed by atoms with van der Waals surface area (Å²) in [7, 11) is 3.63. The third-order valence-electron chi connectivity index (χ3n) is 2.81. The molecule has 0 amide bonds. The van der Waals surface area contributed by atoms with Gasteiger partial charge in [0, 0.05) is 13.1 Å². The van der Waals surface area contributed by atoms with Crippen molar-refractivity contribution in [2.24, 2.45) is 5.92 Å². The number of rotatable bonds is 4. The van der Waals surface area contributed by atoms with Crippen LogP contribution in [0, 0.1) is 5.92 Å². The number of hydrogen-bond donors (Lipinski definition) is 1. The van der Waals surface area contributed by atoms with Crippen LogP contribution in [0.4, 0.5) is 5.95 Å². The molecule has 1 unspecified atom stereocenters. The average Bonchev–Trinajstić information content (AvgIpc) is 2.72. The molecule has 6 nitrogen and oxygen atoms in total. The predicted molar refractivity (Wildman–Crippen MR) is 65.5 cm³/mol. The van der Waals surface area contributed by atoms with E-state index in [0.717, 1.165) is 19.6 Å². The summed E-state index contributed by atoms with van der Waals surface area (Å²) in [6.07, 6.45) is 1.19. The molecule has 1 N–H and O–H groups in total. The molecule has 1 fully saturated rings. The van der Waals surface area contributed by atoms with Gasteiger partial charge in [-0.2, -0.15) is 15.0 Å². The van der Waals surface area contributed by atoms with Crippen LogP contribution in [0.2, 0.25) is 5.28 Å². The number of ether oxygens (including phenoxy) is 1. The summed E-state index contributed by atoms with van der Waals surface area (Å²) >= 11 is 5.76. The van der Waals surface area contributed by atoms with Crippen molar-refractivity contribution < 1.29 is 4.74 Å². The van der Waals surface area contributed by atoms with Gasteiger partial charge in [-0.05, 0) is 37.5 Å². The lowest BCUT2D eigenvalue weighted by Crippen LogP contribution is -2.20. The maximum absolute atomic E-state index is 5.76. The largest absolute Gasteiger partial charge is 0.467 e. The van der Waals surface area contributed by atoms with E-state index in [1.165, 1.54) is 13.5 Å². The second kappa shape index (κ2) is 5.46. The van der Waals surface area contributed by atoms with Crippen LogP contribution >= 0.6 is 11.6 Å². The van der Waals surface area contributed by atoms with Gasteiger partial charge in [-0.25, -0.2) is 0 Å². The Morgan fingerprint density at radius 2 is 2.29 bits per heavy atom. The van der Waals surface area contributed by atoms with Gasteiger partial charge in [0.1, 0.15) is 0 Å². The highest BCUT2D eigenvalue weighted by molar-refractivity contribution is 6.28. The molecule has 0 aromatic carbocycles. The van der Waals surface area contributed by atoms with Gasteiger partial charge in [0.25, 0.3) is 0 Å². The first kappa shape index (κ1) is 12.3. The Morgan fingerprint density at radius 1 is 1.47 bits per heavy atom. The van der Waals surface area contributed by atoms with E-state index in [1.54, 1.807) is 0 Å². The minimum atomic E-state index is 0.142. The van der Waals surface area contributed by atoms with Gasteiger partial charge in [-0.3, -0.25) is 0 Å². The van der Waals surface area contributed by atoms with Crippen molar-refractivity contribution in [3.8, 4) is 6.01 Å². The Bertz CT molecular complexity index is 389. The Hall–Kier alpha value is -1.14. The second-order valence-corrected chi connectivity index (χ2v) is 4.55. The maximum atomic E-state index is 5.76. The van der Waals surface area contributed by atoms with Gasteiger partial charge in [-0.1, -0.05) is 0 Å². The third kappa shape index (κ3) is 3.41. The molecule has 1 aliphatic heterocycles. The minimum Gasteiger partial charge on any atom is -0.467 e. The molecule has 2 rings (SSSR count). The zero-order valence-electron chi connectivity index (χ0n) is 9.98. The molecule has 2 heterocycles. The number of likely N-dealkylation sites (tertiary alicyclic amines) is 1. The van der Waals surface area contributed by atoms with Crippen molar-refractivity contribution in [2.45, 2.75) is 6.42 Å². The number of halogens is 1. The summed E-state index contributed by atoms with van der Waals surface area (Å²) in [6.45, 7) is 3.09. The lowest BCUT2D eigenvalue weighted by molar-refractivity contribution is 0.378. The first-order valence-electron chi connectivity index (χ1n) is 5.55. The van der Waals surface area contributed by atoms with Crippen LogP contribution in [0.25, 0.3) is 0 Å². The van der Waals surface area contributed by atoms with E-state index >= 15 is 0 Å². The van der Waals surface area contributed by atoms with Crippen molar-refractivity contribution >= 4 is 17.5 Å². The highest BCUT2D eigenvalue weighted by Gasteiger charge is 2.19. The van der Waals surface area contributed by atoms with Gasteiger partial charge in [0.15, 0.2) is 0 Å². The maximum Gasteiger partial charge on any atom is 0.322 e. The van der Waals surface area contributed by atoms with Crippen molar-refractivity contribution in [1.82, 2.24) is 19.9 Å². The molecule has 1 aromatic rings. The van der Waals surface area contributed by atoms with Crippen molar-refractivity contribution in [3.05, 3.63) is 5.28 Å². The summed E-state index contributed by atoms with van der Waals surface area (Å²) in [5.41, 5.74) is 0. The average molecular weight is 258 g/mol. The number of anilines is 1. The smallest absolute Gasteiger partial charge is 0.322 e. The molecule has 0 aliphatic carbocycles. The molecule has 0 radical (unpaired) electrons. The number of hydrogen-bond acceptors (Lipinski definition) is 6. The number of aromatic nitrogens is 3. The molecule has 94 valence electrons. The van der Waals surface area contributed by atoms with E-state index in [4.69, 9.17) is 16.3 Å². The second-order valence-electron chi connectivity index (χ2n) is 4.21. The number of nitrogens with zero attached hydrogens (tertiary/aromatic N) is 4. The Balaban J connectivity index is 1.92. The lowest BCUT2D eigenvalue weighted by Gasteiger charge is -2.11.